The second kappa shape index (κ2) is 5.69. The molecule has 0 atom stereocenters. The van der Waals surface area contributed by atoms with Crippen molar-refractivity contribution in [1.82, 2.24) is 0 Å². The molecule has 0 fully saturated rings. The number of rotatable bonds is 4. The smallest absolute Gasteiger partial charge is 0.0110 e. The molecule has 0 spiro atoms. The maximum absolute atomic E-state index is 5.30. The van der Waals surface area contributed by atoms with Crippen molar-refractivity contribution in [3.8, 4) is 0 Å². The van der Waals surface area contributed by atoms with E-state index in [4.69, 9.17) is 5.73 Å². The molecular formula is C10H15N. The summed E-state index contributed by atoms with van der Waals surface area (Å²) in [6, 6.07) is 0. The molecule has 0 aromatic heterocycles. The molecule has 0 aliphatic heterocycles. The molecule has 0 bridgehead atoms. The second-order valence-corrected chi connectivity index (χ2v) is 2.28. The van der Waals surface area contributed by atoms with E-state index in [1.54, 1.807) is 6.08 Å². The fourth-order valence-electron chi connectivity index (χ4n) is 0.662. The molecule has 0 saturated carbocycles. The van der Waals surface area contributed by atoms with Crippen LogP contribution in [-0.2, 0) is 0 Å². The molecule has 0 heterocycles. The van der Waals surface area contributed by atoms with E-state index < -0.39 is 0 Å². The molecule has 2 N–H and O–H groups in total. The lowest BCUT2D eigenvalue weighted by Crippen LogP contribution is -1.92. The predicted octanol–water partition coefficient (Wildman–Crippen LogP) is 2.19. The van der Waals surface area contributed by atoms with E-state index in [-0.39, 0.29) is 0 Å². The maximum Gasteiger partial charge on any atom is 0.0110 e. The predicted molar refractivity (Wildman–Crippen MR) is 51.3 cm³/mol. The fourth-order valence-corrected chi connectivity index (χ4v) is 0.662. The molecule has 0 radical (unpaired) electrons. The Hall–Kier alpha value is -1.08. The molecule has 1 nitrogen and oxygen atoms in total. The Morgan fingerprint density at radius 2 is 2.18 bits per heavy atom. The quantitative estimate of drug-likeness (QED) is 0.609. The van der Waals surface area contributed by atoms with Crippen molar-refractivity contribution in [3.63, 3.8) is 0 Å². The SMILES string of the molecule is C=C/C=C(\C=C/CN)C(=C)C. The standard InChI is InChI=1S/C10H15N/c1-4-6-10(9(2)3)7-5-8-11/h4-7H,1-2,8,11H2,3H3/b7-5-,10-6+. The lowest BCUT2D eigenvalue weighted by Gasteiger charge is -1.97. The van der Waals surface area contributed by atoms with Gasteiger partial charge in [-0.2, -0.15) is 0 Å². The van der Waals surface area contributed by atoms with Gasteiger partial charge in [-0.3, -0.25) is 0 Å². The maximum atomic E-state index is 5.30. The third-order valence-corrected chi connectivity index (χ3v) is 1.22. The first-order valence-electron chi connectivity index (χ1n) is 3.57. The van der Waals surface area contributed by atoms with E-state index in [0.717, 1.165) is 11.1 Å². The average molecular weight is 149 g/mol. The zero-order valence-corrected chi connectivity index (χ0v) is 7.01. The summed E-state index contributed by atoms with van der Waals surface area (Å²) in [6.45, 7) is 9.94. The number of allylic oxidation sites excluding steroid dienone is 5. The molecule has 0 aromatic rings. The average Bonchev–Trinajstić information content (AvgIpc) is 1.97. The molecule has 0 rings (SSSR count). The Kier molecular flexibility index (Phi) is 5.13. The molecule has 1 heteroatoms. The van der Waals surface area contributed by atoms with Crippen molar-refractivity contribution < 1.29 is 0 Å². The fraction of sp³-hybridized carbons (Fsp3) is 0.200. The van der Waals surface area contributed by atoms with Gasteiger partial charge in [0.25, 0.3) is 0 Å². The van der Waals surface area contributed by atoms with Crippen LogP contribution >= 0.6 is 0 Å². The van der Waals surface area contributed by atoms with Gasteiger partial charge in [0.1, 0.15) is 0 Å². The first-order valence-corrected chi connectivity index (χ1v) is 3.57. The van der Waals surface area contributed by atoms with Gasteiger partial charge in [-0.1, -0.05) is 43.0 Å². The molecule has 11 heavy (non-hydrogen) atoms. The monoisotopic (exact) mass is 149 g/mol. The van der Waals surface area contributed by atoms with E-state index in [9.17, 15) is 0 Å². The Bertz CT molecular complexity index is 197. The Labute approximate surface area is 68.6 Å². The van der Waals surface area contributed by atoms with Gasteiger partial charge in [0.2, 0.25) is 0 Å². The molecule has 0 aliphatic rings. The van der Waals surface area contributed by atoms with Crippen LogP contribution in [0.3, 0.4) is 0 Å². The second-order valence-electron chi connectivity index (χ2n) is 2.28. The highest BCUT2D eigenvalue weighted by molar-refractivity contribution is 5.38. The van der Waals surface area contributed by atoms with Gasteiger partial charge in [0.15, 0.2) is 0 Å². The topological polar surface area (TPSA) is 26.0 Å². The van der Waals surface area contributed by atoms with Crippen molar-refractivity contribution in [2.24, 2.45) is 5.73 Å². The molecule has 0 aromatic carbocycles. The van der Waals surface area contributed by atoms with Crippen molar-refractivity contribution in [2.45, 2.75) is 6.92 Å². The van der Waals surface area contributed by atoms with Gasteiger partial charge in [-0.25, -0.2) is 0 Å². The van der Waals surface area contributed by atoms with Crippen LogP contribution in [0, 0.1) is 0 Å². The summed E-state index contributed by atoms with van der Waals surface area (Å²) >= 11 is 0. The highest BCUT2D eigenvalue weighted by atomic mass is 14.5. The summed E-state index contributed by atoms with van der Waals surface area (Å²) in [5, 5.41) is 0. The van der Waals surface area contributed by atoms with Crippen LogP contribution in [0.1, 0.15) is 6.92 Å². The number of nitrogens with two attached hydrogens (primary N) is 1. The third kappa shape index (κ3) is 4.34. The Balaban J connectivity index is 4.35. The van der Waals surface area contributed by atoms with Gasteiger partial charge >= 0.3 is 0 Å². The van der Waals surface area contributed by atoms with Crippen LogP contribution < -0.4 is 5.73 Å². The molecule has 0 amide bonds. The van der Waals surface area contributed by atoms with Crippen LogP contribution in [0.15, 0.2) is 48.6 Å². The van der Waals surface area contributed by atoms with Crippen LogP contribution in [0.5, 0.6) is 0 Å². The van der Waals surface area contributed by atoms with Crippen molar-refractivity contribution in [2.75, 3.05) is 6.54 Å². The molecule has 0 saturated heterocycles. The van der Waals surface area contributed by atoms with Gasteiger partial charge in [0, 0.05) is 6.54 Å². The Morgan fingerprint density at radius 1 is 1.55 bits per heavy atom. The highest BCUT2D eigenvalue weighted by Crippen LogP contribution is 2.07. The van der Waals surface area contributed by atoms with E-state index in [1.165, 1.54) is 0 Å². The minimum Gasteiger partial charge on any atom is -0.327 e. The summed E-state index contributed by atoms with van der Waals surface area (Å²) in [7, 11) is 0. The van der Waals surface area contributed by atoms with E-state index in [2.05, 4.69) is 13.2 Å². The molecule has 60 valence electrons. The minimum absolute atomic E-state index is 0.557. The van der Waals surface area contributed by atoms with Crippen LogP contribution in [0.4, 0.5) is 0 Å². The molecule has 0 aliphatic carbocycles. The highest BCUT2D eigenvalue weighted by Gasteiger charge is 1.88. The zero-order valence-electron chi connectivity index (χ0n) is 7.01. The number of hydrogen-bond acceptors (Lipinski definition) is 1. The zero-order chi connectivity index (χ0) is 8.69. The summed E-state index contributed by atoms with van der Waals surface area (Å²) in [4.78, 5) is 0. The summed E-state index contributed by atoms with van der Waals surface area (Å²) in [5.74, 6) is 0. The first kappa shape index (κ1) is 9.92. The minimum atomic E-state index is 0.557. The van der Waals surface area contributed by atoms with Crippen LogP contribution in [0.2, 0.25) is 0 Å². The van der Waals surface area contributed by atoms with Crippen LogP contribution in [-0.4, -0.2) is 6.54 Å². The molecule has 0 unspecified atom stereocenters. The molecular weight excluding hydrogens is 134 g/mol. The largest absolute Gasteiger partial charge is 0.327 e. The first-order chi connectivity index (χ1) is 5.22. The van der Waals surface area contributed by atoms with Crippen molar-refractivity contribution >= 4 is 0 Å². The van der Waals surface area contributed by atoms with E-state index in [1.807, 2.05) is 25.2 Å². The van der Waals surface area contributed by atoms with Crippen molar-refractivity contribution in [1.29, 1.82) is 0 Å². The normalized spacial score (nSPS) is 12.0. The summed E-state index contributed by atoms with van der Waals surface area (Å²) in [6.07, 6.45) is 7.49. The lowest BCUT2D eigenvalue weighted by molar-refractivity contribution is 1.25. The Morgan fingerprint density at radius 3 is 2.55 bits per heavy atom. The van der Waals surface area contributed by atoms with Gasteiger partial charge in [-0.05, 0) is 12.5 Å². The summed E-state index contributed by atoms with van der Waals surface area (Å²) < 4.78 is 0. The van der Waals surface area contributed by atoms with E-state index in [0.29, 0.717) is 6.54 Å². The summed E-state index contributed by atoms with van der Waals surface area (Å²) in [5.41, 5.74) is 7.40. The van der Waals surface area contributed by atoms with E-state index >= 15 is 0 Å². The van der Waals surface area contributed by atoms with Gasteiger partial charge in [-0.15, -0.1) is 0 Å². The lowest BCUT2D eigenvalue weighted by atomic mass is 10.1. The van der Waals surface area contributed by atoms with Crippen LogP contribution in [0.25, 0.3) is 0 Å². The number of hydrogen-bond donors (Lipinski definition) is 1. The third-order valence-electron chi connectivity index (χ3n) is 1.22. The van der Waals surface area contributed by atoms with Gasteiger partial charge in [0.05, 0.1) is 0 Å². The van der Waals surface area contributed by atoms with Gasteiger partial charge < -0.3 is 5.73 Å². The van der Waals surface area contributed by atoms with Crippen molar-refractivity contribution in [3.05, 3.63) is 48.6 Å².